The molecule has 0 aliphatic heterocycles. The molecule has 0 aliphatic rings. The summed E-state index contributed by atoms with van der Waals surface area (Å²) in [6, 6.07) is 2.56. The molecule has 0 heterocycles. The van der Waals surface area contributed by atoms with E-state index in [1.54, 1.807) is 0 Å². The van der Waals surface area contributed by atoms with Gasteiger partial charge in [0.25, 0.3) is 0 Å². The van der Waals surface area contributed by atoms with Gasteiger partial charge in [0.05, 0.1) is 0 Å². The van der Waals surface area contributed by atoms with Gasteiger partial charge >= 0.3 is 12.6 Å². The number of carbonyl (C=O) groups is 1. The van der Waals surface area contributed by atoms with Gasteiger partial charge in [-0.25, -0.2) is 4.79 Å². The van der Waals surface area contributed by atoms with Crippen molar-refractivity contribution in [2.24, 2.45) is 0 Å². The number of ether oxygens (including phenoxy) is 2. The van der Waals surface area contributed by atoms with Gasteiger partial charge in [0.2, 0.25) is 0 Å². The first-order valence-corrected chi connectivity index (χ1v) is 6.39. The van der Waals surface area contributed by atoms with E-state index in [-0.39, 0.29) is 12.4 Å². The highest BCUT2D eigenvalue weighted by Gasteiger charge is 2.22. The third-order valence-corrected chi connectivity index (χ3v) is 2.71. The highest BCUT2D eigenvalue weighted by Crippen LogP contribution is 2.34. The summed E-state index contributed by atoms with van der Waals surface area (Å²) in [4.78, 5) is 13.0. The van der Waals surface area contributed by atoms with Crippen molar-refractivity contribution < 1.29 is 28.2 Å². The van der Waals surface area contributed by atoms with Crippen molar-refractivity contribution in [3.8, 4) is 11.5 Å². The number of hydrogen-bond donors (Lipinski definition) is 1. The number of hydrogen-bond acceptors (Lipinski definition) is 4. The van der Waals surface area contributed by atoms with Gasteiger partial charge in [-0.1, -0.05) is 15.9 Å². The first kappa shape index (κ1) is 16.6. The lowest BCUT2D eigenvalue weighted by molar-refractivity contribution is -0.0504. The third kappa shape index (κ3) is 4.93. The largest absolute Gasteiger partial charge is 0.491 e. The van der Waals surface area contributed by atoms with E-state index < -0.39 is 23.9 Å². The number of halogens is 3. The van der Waals surface area contributed by atoms with Gasteiger partial charge in [-0.2, -0.15) is 8.78 Å². The SMILES string of the molecule is CN(C)CCOc1cc(Br)cc(OC(F)F)c1C(=O)O. The van der Waals surface area contributed by atoms with E-state index in [0.29, 0.717) is 11.0 Å². The van der Waals surface area contributed by atoms with E-state index in [9.17, 15) is 13.6 Å². The Kier molecular flexibility index (Phi) is 6.15. The van der Waals surface area contributed by atoms with Crippen LogP contribution in [0.15, 0.2) is 16.6 Å². The molecule has 0 spiro atoms. The van der Waals surface area contributed by atoms with Crippen molar-refractivity contribution in [1.82, 2.24) is 4.90 Å². The fourth-order valence-electron chi connectivity index (χ4n) is 1.41. The average Bonchev–Trinajstić information content (AvgIpc) is 2.25. The van der Waals surface area contributed by atoms with Gasteiger partial charge in [0.1, 0.15) is 23.7 Å². The summed E-state index contributed by atoms with van der Waals surface area (Å²) in [6.45, 7) is -2.34. The number of aromatic carboxylic acids is 1. The molecule has 0 amide bonds. The molecule has 1 rings (SSSR count). The number of rotatable bonds is 7. The molecule has 8 heteroatoms. The molecule has 1 aromatic carbocycles. The summed E-state index contributed by atoms with van der Waals surface area (Å²) in [7, 11) is 3.65. The maximum atomic E-state index is 12.3. The molecular formula is C12H14BrF2NO4. The van der Waals surface area contributed by atoms with E-state index in [1.165, 1.54) is 6.07 Å². The van der Waals surface area contributed by atoms with Gasteiger partial charge < -0.3 is 19.5 Å². The molecule has 0 saturated heterocycles. The lowest BCUT2D eigenvalue weighted by Crippen LogP contribution is -2.20. The monoisotopic (exact) mass is 353 g/mol. The second kappa shape index (κ2) is 7.39. The van der Waals surface area contributed by atoms with Crippen LogP contribution in [0.2, 0.25) is 0 Å². The molecule has 0 aliphatic carbocycles. The fourth-order valence-corrected chi connectivity index (χ4v) is 1.83. The second-order valence-corrected chi connectivity index (χ2v) is 5.03. The lowest BCUT2D eigenvalue weighted by atomic mass is 10.2. The smallest absolute Gasteiger partial charge is 0.387 e. The summed E-state index contributed by atoms with van der Waals surface area (Å²) in [5.41, 5.74) is -0.424. The van der Waals surface area contributed by atoms with E-state index in [4.69, 9.17) is 9.84 Å². The molecule has 0 aromatic heterocycles. The summed E-state index contributed by atoms with van der Waals surface area (Å²) in [6.07, 6.45) is 0. The van der Waals surface area contributed by atoms with Crippen molar-refractivity contribution in [3.63, 3.8) is 0 Å². The van der Waals surface area contributed by atoms with Crippen LogP contribution in [-0.4, -0.2) is 49.8 Å². The molecule has 1 N–H and O–H groups in total. The van der Waals surface area contributed by atoms with Gasteiger partial charge in [-0.3, -0.25) is 0 Å². The van der Waals surface area contributed by atoms with Crippen LogP contribution in [0.1, 0.15) is 10.4 Å². The van der Waals surface area contributed by atoms with Crippen LogP contribution >= 0.6 is 15.9 Å². The molecule has 0 atom stereocenters. The van der Waals surface area contributed by atoms with Crippen molar-refractivity contribution >= 4 is 21.9 Å². The number of alkyl halides is 2. The molecule has 0 bridgehead atoms. The number of carboxylic acid groups (broad SMARTS) is 1. The van der Waals surface area contributed by atoms with Crippen molar-refractivity contribution in [1.29, 1.82) is 0 Å². The van der Waals surface area contributed by atoms with Crippen molar-refractivity contribution in [3.05, 3.63) is 22.2 Å². The molecular weight excluding hydrogens is 340 g/mol. The zero-order valence-electron chi connectivity index (χ0n) is 10.9. The molecule has 1 aromatic rings. The van der Waals surface area contributed by atoms with Crippen LogP contribution in [0.25, 0.3) is 0 Å². The van der Waals surface area contributed by atoms with E-state index >= 15 is 0 Å². The molecule has 5 nitrogen and oxygen atoms in total. The number of nitrogens with zero attached hydrogens (tertiary/aromatic N) is 1. The molecule has 0 fully saturated rings. The Labute approximate surface area is 123 Å². The Morgan fingerprint density at radius 1 is 1.40 bits per heavy atom. The maximum absolute atomic E-state index is 12.3. The normalized spacial score (nSPS) is 10.9. The summed E-state index contributed by atoms with van der Waals surface area (Å²) in [5, 5.41) is 9.13. The van der Waals surface area contributed by atoms with Gasteiger partial charge in [-0.15, -0.1) is 0 Å². The Balaban J connectivity index is 3.07. The van der Waals surface area contributed by atoms with Gasteiger partial charge in [0.15, 0.2) is 0 Å². The summed E-state index contributed by atoms with van der Waals surface area (Å²) < 4.78 is 34.6. The van der Waals surface area contributed by atoms with E-state index in [1.807, 2.05) is 19.0 Å². The van der Waals surface area contributed by atoms with Gasteiger partial charge in [-0.05, 0) is 26.2 Å². The average molecular weight is 354 g/mol. The molecule has 112 valence electrons. The molecule has 0 saturated carbocycles. The zero-order valence-corrected chi connectivity index (χ0v) is 12.5. The Morgan fingerprint density at radius 2 is 2.00 bits per heavy atom. The predicted molar refractivity (Wildman–Crippen MR) is 71.8 cm³/mol. The molecule has 0 unspecified atom stereocenters. The van der Waals surface area contributed by atoms with Crippen LogP contribution in [0.3, 0.4) is 0 Å². The van der Waals surface area contributed by atoms with Crippen molar-refractivity contribution in [2.75, 3.05) is 27.2 Å². The highest BCUT2D eigenvalue weighted by atomic mass is 79.9. The Hall–Kier alpha value is -1.41. The molecule has 0 radical (unpaired) electrons. The van der Waals surface area contributed by atoms with Crippen molar-refractivity contribution in [2.45, 2.75) is 6.61 Å². The van der Waals surface area contributed by atoms with Crippen LogP contribution in [0.5, 0.6) is 11.5 Å². The topological polar surface area (TPSA) is 59.0 Å². The minimum Gasteiger partial charge on any atom is -0.491 e. The Bertz CT molecular complexity index is 483. The standard InChI is InChI=1S/C12H14BrF2NO4/c1-16(2)3-4-19-8-5-7(13)6-9(20-12(14)15)10(8)11(17)18/h5-6,12H,3-4H2,1-2H3,(H,17,18). The van der Waals surface area contributed by atoms with Crippen LogP contribution < -0.4 is 9.47 Å². The second-order valence-electron chi connectivity index (χ2n) is 4.11. The van der Waals surface area contributed by atoms with E-state index in [0.717, 1.165) is 6.07 Å². The summed E-state index contributed by atoms with van der Waals surface area (Å²) in [5.74, 6) is -1.86. The first-order valence-electron chi connectivity index (χ1n) is 5.60. The number of carboxylic acids is 1. The minimum absolute atomic E-state index is 0.0237. The summed E-state index contributed by atoms with van der Waals surface area (Å²) >= 11 is 3.10. The third-order valence-electron chi connectivity index (χ3n) is 2.26. The molecule has 20 heavy (non-hydrogen) atoms. The predicted octanol–water partition coefficient (Wildman–Crippen LogP) is 2.69. The van der Waals surface area contributed by atoms with Crippen LogP contribution in [0.4, 0.5) is 8.78 Å². The van der Waals surface area contributed by atoms with E-state index in [2.05, 4.69) is 20.7 Å². The minimum atomic E-state index is -3.11. The maximum Gasteiger partial charge on any atom is 0.387 e. The quantitative estimate of drug-likeness (QED) is 0.816. The number of likely N-dealkylation sites (N-methyl/N-ethyl adjacent to an activating group) is 1. The van der Waals surface area contributed by atoms with Gasteiger partial charge in [0, 0.05) is 11.0 Å². The fraction of sp³-hybridized carbons (Fsp3) is 0.417. The Morgan fingerprint density at radius 3 is 2.50 bits per heavy atom. The first-order chi connectivity index (χ1) is 9.31. The highest BCUT2D eigenvalue weighted by molar-refractivity contribution is 9.10. The van der Waals surface area contributed by atoms with Crippen LogP contribution in [0, 0.1) is 0 Å². The van der Waals surface area contributed by atoms with Crippen LogP contribution in [-0.2, 0) is 0 Å². The zero-order chi connectivity index (χ0) is 15.3. The lowest BCUT2D eigenvalue weighted by Gasteiger charge is -2.15. The number of benzene rings is 1.